The summed E-state index contributed by atoms with van der Waals surface area (Å²) in [5.74, 6) is -2.34. The summed E-state index contributed by atoms with van der Waals surface area (Å²) in [6.45, 7) is 1.27. The number of hydrogen-bond donors (Lipinski definition) is 1. The minimum Gasteiger partial charge on any atom is -0.464 e. The molecule has 0 saturated heterocycles. The number of nitrogens with zero attached hydrogens (tertiary/aromatic N) is 1. The van der Waals surface area contributed by atoms with Gasteiger partial charge >= 0.3 is 12.1 Å². The van der Waals surface area contributed by atoms with Crippen LogP contribution in [0.3, 0.4) is 0 Å². The van der Waals surface area contributed by atoms with Gasteiger partial charge in [-0.3, -0.25) is 4.79 Å². The number of rotatable bonds is 1. The first-order valence-corrected chi connectivity index (χ1v) is 9.16. The highest BCUT2D eigenvalue weighted by molar-refractivity contribution is 14.1. The van der Waals surface area contributed by atoms with E-state index in [2.05, 4.69) is 0 Å². The molecule has 140 valence electrons. The number of halogens is 2. The number of amides is 1. The van der Waals surface area contributed by atoms with Crippen molar-refractivity contribution in [2.24, 2.45) is 0 Å². The largest absolute Gasteiger partial charge is 0.464 e. The van der Waals surface area contributed by atoms with Crippen molar-refractivity contribution in [3.63, 3.8) is 0 Å². The minimum absolute atomic E-state index is 0.0835. The lowest BCUT2D eigenvalue weighted by Gasteiger charge is -2.37. The van der Waals surface area contributed by atoms with Crippen LogP contribution in [0, 0.1) is 9.39 Å². The average molecular weight is 485 g/mol. The molecule has 3 heterocycles. The predicted molar refractivity (Wildman–Crippen MR) is 97.2 cm³/mol. The summed E-state index contributed by atoms with van der Waals surface area (Å²) in [6, 6.07) is 4.30. The Morgan fingerprint density at radius 3 is 2.70 bits per heavy atom. The van der Waals surface area contributed by atoms with Crippen LogP contribution in [0.4, 0.5) is 9.18 Å². The van der Waals surface area contributed by atoms with Gasteiger partial charge in [-0.1, -0.05) is 6.07 Å². The Morgan fingerprint density at radius 1 is 1.30 bits per heavy atom. The first-order valence-electron chi connectivity index (χ1n) is 8.08. The van der Waals surface area contributed by atoms with E-state index in [4.69, 9.17) is 9.47 Å². The number of hydrogen-bond acceptors (Lipinski definition) is 5. The Morgan fingerprint density at radius 2 is 2.04 bits per heavy atom. The number of ether oxygens (including phenoxy) is 2. The van der Waals surface area contributed by atoms with Crippen molar-refractivity contribution < 1.29 is 33.4 Å². The van der Waals surface area contributed by atoms with Gasteiger partial charge in [0, 0.05) is 15.1 Å². The van der Waals surface area contributed by atoms with Crippen LogP contribution in [0.25, 0.3) is 0 Å². The third-order valence-corrected chi connectivity index (χ3v) is 5.63. The number of benzene rings is 1. The van der Waals surface area contributed by atoms with E-state index >= 15 is 0 Å². The molecule has 3 aliphatic rings. The summed E-state index contributed by atoms with van der Waals surface area (Å²) in [6.07, 6.45) is -2.12. The molecule has 0 unspecified atom stereocenters. The van der Waals surface area contributed by atoms with E-state index in [0.29, 0.717) is 9.13 Å². The van der Waals surface area contributed by atoms with E-state index in [9.17, 15) is 23.9 Å². The Balaban J connectivity index is 2.01. The Labute approximate surface area is 166 Å². The van der Waals surface area contributed by atoms with Crippen LogP contribution >= 0.6 is 22.6 Å². The van der Waals surface area contributed by atoms with Crippen molar-refractivity contribution in [1.29, 1.82) is 0 Å². The van der Waals surface area contributed by atoms with Crippen molar-refractivity contribution >= 4 is 40.4 Å². The van der Waals surface area contributed by atoms with Crippen molar-refractivity contribution in [2.75, 3.05) is 13.2 Å². The third-order valence-electron chi connectivity index (χ3n) is 4.80. The molecule has 1 aromatic carbocycles. The number of Topliss-reactive ketones (excluding diaryl/α,β-unsaturated/α-hetero) is 1. The molecule has 0 bridgehead atoms. The van der Waals surface area contributed by atoms with Crippen LogP contribution in [0.15, 0.2) is 40.7 Å². The predicted octanol–water partition coefficient (Wildman–Crippen LogP) is 2.56. The first kappa shape index (κ1) is 18.1. The Hall–Kier alpha value is -2.27. The van der Waals surface area contributed by atoms with Gasteiger partial charge in [0.05, 0.1) is 23.6 Å². The molecule has 1 amide bonds. The van der Waals surface area contributed by atoms with E-state index in [1.54, 1.807) is 13.0 Å². The number of carbonyl (C=O) groups excluding carboxylic acids is 2. The number of carboxylic acid groups (broad SMARTS) is 1. The second-order valence-electron chi connectivity index (χ2n) is 6.35. The zero-order chi connectivity index (χ0) is 19.5. The summed E-state index contributed by atoms with van der Waals surface area (Å²) in [4.78, 5) is 38.1. The second kappa shape index (κ2) is 6.41. The summed E-state index contributed by atoms with van der Waals surface area (Å²) in [7, 11) is 0. The maximum Gasteiger partial charge on any atom is 0.416 e. The van der Waals surface area contributed by atoms with Gasteiger partial charge in [0.15, 0.2) is 5.78 Å². The third kappa shape index (κ3) is 2.67. The van der Waals surface area contributed by atoms with Crippen LogP contribution in [0.5, 0.6) is 0 Å². The van der Waals surface area contributed by atoms with Crippen molar-refractivity contribution in [2.45, 2.75) is 18.9 Å². The maximum absolute atomic E-state index is 13.8. The number of ketones is 1. The molecule has 0 aromatic heterocycles. The highest BCUT2D eigenvalue weighted by atomic mass is 127. The van der Waals surface area contributed by atoms with Crippen molar-refractivity contribution in [1.82, 2.24) is 4.90 Å². The molecular formula is C18H13FINO6. The summed E-state index contributed by atoms with van der Waals surface area (Å²) < 4.78 is 24.6. The molecule has 3 aliphatic heterocycles. The molecular weight excluding hydrogens is 472 g/mol. The number of cyclic esters (lactones) is 1. The molecule has 0 fully saturated rings. The van der Waals surface area contributed by atoms with E-state index in [0.717, 1.165) is 4.90 Å². The van der Waals surface area contributed by atoms with E-state index < -0.39 is 35.7 Å². The molecule has 4 rings (SSSR count). The van der Waals surface area contributed by atoms with E-state index in [1.165, 1.54) is 12.1 Å². The summed E-state index contributed by atoms with van der Waals surface area (Å²) >= 11 is 1.83. The highest BCUT2D eigenvalue weighted by Gasteiger charge is 2.50. The molecule has 2 atom stereocenters. The minimum atomic E-state index is -1.33. The molecule has 0 spiro atoms. The fourth-order valence-corrected chi connectivity index (χ4v) is 4.31. The van der Waals surface area contributed by atoms with Gasteiger partial charge < -0.3 is 14.6 Å². The molecule has 0 saturated carbocycles. The first-order chi connectivity index (χ1) is 12.8. The van der Waals surface area contributed by atoms with Gasteiger partial charge in [0.25, 0.3) is 0 Å². The molecule has 7 nitrogen and oxygen atoms in total. The molecule has 1 aromatic rings. The lowest BCUT2D eigenvalue weighted by atomic mass is 9.77. The topological polar surface area (TPSA) is 93.1 Å². The van der Waals surface area contributed by atoms with Crippen LogP contribution in [-0.4, -0.2) is 47.2 Å². The normalized spacial score (nSPS) is 24.8. The zero-order valence-corrected chi connectivity index (χ0v) is 16.2. The Bertz CT molecular complexity index is 967. The van der Waals surface area contributed by atoms with Gasteiger partial charge in [0.2, 0.25) is 0 Å². The smallest absolute Gasteiger partial charge is 0.416 e. The summed E-state index contributed by atoms with van der Waals surface area (Å²) in [5.41, 5.74) is 1.14. The van der Waals surface area contributed by atoms with Gasteiger partial charge in [-0.15, -0.1) is 0 Å². The summed E-state index contributed by atoms with van der Waals surface area (Å²) in [5, 5.41) is 9.72. The standard InChI is InChI=1S/C18H13FINO6/c1-7-16-15(17(23)27-7)13(8-2-3-9(19)10(20)4-8)14-11(21(16)18(24)25)5-26-6-12(14)22/h2-4,7,13H,5-6H2,1H3,(H,24,25)/t7-,13+/m0/s1. The quantitative estimate of drug-likeness (QED) is 0.486. The molecule has 0 aliphatic carbocycles. The fourth-order valence-electron chi connectivity index (χ4n) is 3.77. The highest BCUT2D eigenvalue weighted by Crippen LogP contribution is 2.48. The average Bonchev–Trinajstić information content (AvgIpc) is 2.90. The van der Waals surface area contributed by atoms with Gasteiger partial charge in [-0.25, -0.2) is 18.9 Å². The number of carbonyl (C=O) groups is 3. The molecule has 0 radical (unpaired) electrons. The van der Waals surface area contributed by atoms with E-state index in [1.807, 2.05) is 22.6 Å². The van der Waals surface area contributed by atoms with Crippen molar-refractivity contribution in [3.05, 3.63) is 55.7 Å². The molecule has 1 N–H and O–H groups in total. The van der Waals surface area contributed by atoms with Crippen LogP contribution in [0.1, 0.15) is 18.4 Å². The molecule has 27 heavy (non-hydrogen) atoms. The van der Waals surface area contributed by atoms with Gasteiger partial charge in [0.1, 0.15) is 18.5 Å². The number of esters is 1. The zero-order valence-electron chi connectivity index (χ0n) is 14.0. The van der Waals surface area contributed by atoms with Crippen LogP contribution in [-0.2, 0) is 19.1 Å². The molecule has 9 heteroatoms. The second-order valence-corrected chi connectivity index (χ2v) is 7.51. The van der Waals surface area contributed by atoms with Gasteiger partial charge in [-0.2, -0.15) is 0 Å². The van der Waals surface area contributed by atoms with Gasteiger partial charge in [-0.05, 0) is 47.2 Å². The monoisotopic (exact) mass is 485 g/mol. The Kier molecular flexibility index (Phi) is 4.30. The lowest BCUT2D eigenvalue weighted by Crippen LogP contribution is -2.43. The maximum atomic E-state index is 13.8. The van der Waals surface area contributed by atoms with Crippen LogP contribution in [0.2, 0.25) is 0 Å². The van der Waals surface area contributed by atoms with Crippen molar-refractivity contribution in [3.8, 4) is 0 Å². The fraction of sp³-hybridized carbons (Fsp3) is 0.278. The lowest BCUT2D eigenvalue weighted by molar-refractivity contribution is -0.139. The SMILES string of the molecule is C[C@@H]1OC(=O)C2=C1N(C(=O)O)C1=C(C(=O)COC1)[C@H]2c1ccc(F)c(I)c1. The van der Waals surface area contributed by atoms with Crippen LogP contribution < -0.4 is 0 Å². The van der Waals surface area contributed by atoms with E-state index in [-0.39, 0.29) is 35.8 Å².